The van der Waals surface area contributed by atoms with Gasteiger partial charge in [0.2, 0.25) is 5.78 Å². The molecule has 0 saturated carbocycles. The van der Waals surface area contributed by atoms with E-state index in [2.05, 4.69) is 0 Å². The molecule has 0 atom stereocenters. The van der Waals surface area contributed by atoms with Gasteiger partial charge in [-0.1, -0.05) is 72.3 Å². The third-order valence-electron chi connectivity index (χ3n) is 4.94. The van der Waals surface area contributed by atoms with Crippen molar-refractivity contribution in [1.82, 2.24) is 19.2 Å². The molecule has 2 heterocycles. The average Bonchev–Trinajstić information content (AvgIpc) is 3.28. The molecule has 5 heteroatoms. The summed E-state index contributed by atoms with van der Waals surface area (Å²) in [5, 5.41) is 4.70. The summed E-state index contributed by atoms with van der Waals surface area (Å²) in [4.78, 5) is 17.7. The van der Waals surface area contributed by atoms with Crippen molar-refractivity contribution >= 4 is 22.6 Å². The van der Waals surface area contributed by atoms with Crippen molar-refractivity contribution in [1.29, 1.82) is 0 Å². The molecular formula is C23H18N4O. The average molecular weight is 366 g/mol. The van der Waals surface area contributed by atoms with Gasteiger partial charge < -0.3 is 4.57 Å². The molecule has 5 aromatic rings. The van der Waals surface area contributed by atoms with Crippen LogP contribution < -0.4 is 0 Å². The maximum atomic E-state index is 12.9. The lowest BCUT2D eigenvalue weighted by atomic mass is 10.1. The standard InChI is InChI=1S/C23H18N4O/c1-16-11-13-17(14-12-16)21(28)15-26-19-9-5-6-10-20(19)27-23(26)24-22(25-27)18-7-3-2-4-8-18/h2-14H,15H2,1H3. The fourth-order valence-corrected chi connectivity index (χ4v) is 3.46. The number of benzene rings is 3. The Balaban J connectivity index is 1.64. The van der Waals surface area contributed by atoms with Crippen LogP contribution in [0, 0.1) is 6.92 Å². The predicted octanol–water partition coefficient (Wildman–Crippen LogP) is 4.54. The summed E-state index contributed by atoms with van der Waals surface area (Å²) in [6.45, 7) is 2.23. The fourth-order valence-electron chi connectivity index (χ4n) is 3.46. The number of hydrogen-bond acceptors (Lipinski definition) is 3. The number of para-hydroxylation sites is 2. The van der Waals surface area contributed by atoms with Gasteiger partial charge >= 0.3 is 0 Å². The number of carbonyl (C=O) groups is 1. The van der Waals surface area contributed by atoms with Gasteiger partial charge in [0, 0.05) is 11.1 Å². The minimum Gasteiger partial charge on any atom is -0.300 e. The first-order valence-electron chi connectivity index (χ1n) is 9.20. The molecule has 5 rings (SSSR count). The van der Waals surface area contributed by atoms with Crippen LogP contribution in [0.1, 0.15) is 15.9 Å². The van der Waals surface area contributed by atoms with E-state index in [1.807, 2.05) is 94.9 Å². The molecule has 0 aliphatic heterocycles. The first-order valence-corrected chi connectivity index (χ1v) is 9.20. The largest absolute Gasteiger partial charge is 0.300 e. The SMILES string of the molecule is Cc1ccc(C(=O)Cn2c3ccccc3n3nc(-c4ccccc4)nc23)cc1. The summed E-state index contributed by atoms with van der Waals surface area (Å²) in [7, 11) is 0. The second kappa shape index (κ2) is 6.46. The van der Waals surface area contributed by atoms with E-state index in [-0.39, 0.29) is 12.3 Å². The van der Waals surface area contributed by atoms with Crippen molar-refractivity contribution < 1.29 is 4.79 Å². The highest BCUT2D eigenvalue weighted by molar-refractivity contribution is 5.97. The van der Waals surface area contributed by atoms with Crippen LogP contribution in [0.25, 0.3) is 28.2 Å². The van der Waals surface area contributed by atoms with Gasteiger partial charge in [0.1, 0.15) is 0 Å². The summed E-state index contributed by atoms with van der Waals surface area (Å²) >= 11 is 0. The third kappa shape index (κ3) is 2.68. The molecule has 136 valence electrons. The molecule has 2 aromatic heterocycles. The summed E-state index contributed by atoms with van der Waals surface area (Å²) in [6.07, 6.45) is 0. The molecule has 28 heavy (non-hydrogen) atoms. The lowest BCUT2D eigenvalue weighted by molar-refractivity contribution is 0.0974. The number of aryl methyl sites for hydroxylation is 1. The number of aromatic nitrogens is 4. The van der Waals surface area contributed by atoms with E-state index in [9.17, 15) is 4.79 Å². The van der Waals surface area contributed by atoms with Crippen LogP contribution in [0.2, 0.25) is 0 Å². The van der Waals surface area contributed by atoms with Crippen LogP contribution in [0.4, 0.5) is 0 Å². The van der Waals surface area contributed by atoms with Crippen LogP contribution in [0.3, 0.4) is 0 Å². The Morgan fingerprint density at radius 3 is 2.29 bits per heavy atom. The van der Waals surface area contributed by atoms with E-state index < -0.39 is 0 Å². The van der Waals surface area contributed by atoms with Gasteiger partial charge in [-0.15, -0.1) is 5.10 Å². The van der Waals surface area contributed by atoms with Gasteiger partial charge in [0.15, 0.2) is 11.6 Å². The zero-order valence-corrected chi connectivity index (χ0v) is 15.4. The van der Waals surface area contributed by atoms with Gasteiger partial charge in [0.05, 0.1) is 17.6 Å². The lowest BCUT2D eigenvalue weighted by Gasteiger charge is -2.05. The predicted molar refractivity (Wildman–Crippen MR) is 109 cm³/mol. The lowest BCUT2D eigenvalue weighted by Crippen LogP contribution is -2.10. The summed E-state index contributed by atoms with van der Waals surface area (Å²) in [6, 6.07) is 25.5. The Labute approximate surface area is 161 Å². The van der Waals surface area contributed by atoms with E-state index in [0.29, 0.717) is 17.2 Å². The molecule has 5 nitrogen and oxygen atoms in total. The number of imidazole rings is 1. The second-order valence-electron chi connectivity index (χ2n) is 6.88. The van der Waals surface area contributed by atoms with Gasteiger partial charge in [-0.2, -0.15) is 9.50 Å². The van der Waals surface area contributed by atoms with Gasteiger partial charge in [-0.05, 0) is 19.1 Å². The van der Waals surface area contributed by atoms with Gasteiger partial charge in [-0.3, -0.25) is 4.79 Å². The Hall–Kier alpha value is -3.73. The van der Waals surface area contributed by atoms with Crippen molar-refractivity contribution in [2.45, 2.75) is 13.5 Å². The van der Waals surface area contributed by atoms with Crippen LogP contribution >= 0.6 is 0 Å². The molecule has 0 spiro atoms. The number of ketones is 1. The summed E-state index contributed by atoms with van der Waals surface area (Å²) in [5.74, 6) is 1.37. The Morgan fingerprint density at radius 1 is 0.857 bits per heavy atom. The Morgan fingerprint density at radius 2 is 1.54 bits per heavy atom. The van der Waals surface area contributed by atoms with E-state index >= 15 is 0 Å². The minimum atomic E-state index is 0.0486. The van der Waals surface area contributed by atoms with E-state index in [0.717, 1.165) is 22.2 Å². The number of rotatable bonds is 4. The quantitative estimate of drug-likeness (QED) is 0.439. The summed E-state index contributed by atoms with van der Waals surface area (Å²) in [5.41, 5.74) is 4.66. The molecule has 0 amide bonds. The normalized spacial score (nSPS) is 11.3. The van der Waals surface area contributed by atoms with Crippen LogP contribution in [-0.2, 0) is 6.54 Å². The molecule has 0 bridgehead atoms. The van der Waals surface area contributed by atoms with Crippen molar-refractivity contribution in [2.75, 3.05) is 0 Å². The highest BCUT2D eigenvalue weighted by atomic mass is 16.1. The number of nitrogens with zero attached hydrogens (tertiary/aromatic N) is 4. The van der Waals surface area contributed by atoms with Crippen molar-refractivity contribution in [3.8, 4) is 11.4 Å². The smallest absolute Gasteiger partial charge is 0.234 e. The van der Waals surface area contributed by atoms with Crippen LogP contribution in [-0.4, -0.2) is 24.9 Å². The summed E-state index contributed by atoms with van der Waals surface area (Å²) < 4.78 is 3.76. The first-order chi connectivity index (χ1) is 13.7. The molecule has 0 radical (unpaired) electrons. The monoisotopic (exact) mass is 366 g/mol. The topological polar surface area (TPSA) is 52.2 Å². The van der Waals surface area contributed by atoms with Gasteiger partial charge in [0.25, 0.3) is 0 Å². The van der Waals surface area contributed by atoms with Crippen molar-refractivity contribution in [2.24, 2.45) is 0 Å². The number of Topliss-reactive ketones (excluding diaryl/α,β-unsaturated/α-hetero) is 1. The van der Waals surface area contributed by atoms with Crippen molar-refractivity contribution in [3.63, 3.8) is 0 Å². The zero-order chi connectivity index (χ0) is 19.1. The molecule has 0 N–H and O–H groups in total. The van der Waals surface area contributed by atoms with E-state index in [4.69, 9.17) is 10.1 Å². The fraction of sp³-hybridized carbons (Fsp3) is 0.0870. The molecule has 0 aliphatic carbocycles. The Kier molecular flexibility index (Phi) is 3.79. The number of carbonyl (C=O) groups excluding carboxylic acids is 1. The highest BCUT2D eigenvalue weighted by Crippen LogP contribution is 2.23. The second-order valence-corrected chi connectivity index (χ2v) is 6.88. The molecular weight excluding hydrogens is 348 g/mol. The molecule has 0 saturated heterocycles. The molecule has 0 aliphatic rings. The highest BCUT2D eigenvalue weighted by Gasteiger charge is 2.18. The number of fused-ring (bicyclic) bond motifs is 3. The van der Waals surface area contributed by atoms with E-state index in [1.54, 1.807) is 0 Å². The first kappa shape index (κ1) is 16.4. The number of hydrogen-bond donors (Lipinski definition) is 0. The van der Waals surface area contributed by atoms with Gasteiger partial charge in [-0.25, -0.2) is 0 Å². The van der Waals surface area contributed by atoms with Crippen LogP contribution in [0.15, 0.2) is 78.9 Å². The van der Waals surface area contributed by atoms with Crippen LogP contribution in [0.5, 0.6) is 0 Å². The maximum absolute atomic E-state index is 12.9. The third-order valence-corrected chi connectivity index (χ3v) is 4.94. The Bertz CT molecular complexity index is 1300. The molecule has 0 fully saturated rings. The minimum absolute atomic E-state index is 0.0486. The maximum Gasteiger partial charge on any atom is 0.234 e. The molecule has 0 unspecified atom stereocenters. The van der Waals surface area contributed by atoms with E-state index in [1.165, 1.54) is 0 Å². The molecule has 3 aromatic carbocycles. The zero-order valence-electron chi connectivity index (χ0n) is 15.4. The van der Waals surface area contributed by atoms with Crippen molar-refractivity contribution in [3.05, 3.63) is 90.0 Å².